The Morgan fingerprint density at radius 3 is 2.50 bits per heavy atom. The highest BCUT2D eigenvalue weighted by Crippen LogP contribution is 2.22. The second-order valence-corrected chi connectivity index (χ2v) is 8.14. The van der Waals surface area contributed by atoms with Crippen LogP contribution in [0.3, 0.4) is 0 Å². The zero-order chi connectivity index (χ0) is 27.2. The van der Waals surface area contributed by atoms with Crippen molar-refractivity contribution in [3.63, 3.8) is 0 Å². The summed E-state index contributed by atoms with van der Waals surface area (Å²) in [5.74, 6) is -1.54. The van der Waals surface area contributed by atoms with Crippen molar-refractivity contribution in [2.24, 2.45) is 4.99 Å². The molecule has 0 atom stereocenters. The number of esters is 2. The summed E-state index contributed by atoms with van der Waals surface area (Å²) in [6, 6.07) is 14.2. The van der Waals surface area contributed by atoms with E-state index in [1.165, 1.54) is 31.5 Å². The number of pyridine rings is 1. The van der Waals surface area contributed by atoms with E-state index in [1.807, 2.05) is 0 Å². The Bertz CT molecular complexity index is 1590. The number of anilines is 1. The molecule has 4 rings (SSSR count). The zero-order valence-electron chi connectivity index (χ0n) is 21.0. The van der Waals surface area contributed by atoms with Crippen molar-refractivity contribution in [2.45, 2.75) is 20.5 Å². The van der Waals surface area contributed by atoms with Crippen LogP contribution in [-0.4, -0.2) is 41.7 Å². The number of nitrogens with zero attached hydrogens (tertiary/aromatic N) is 2. The number of amides is 1. The van der Waals surface area contributed by atoms with Crippen LogP contribution in [0.25, 0.3) is 11.0 Å². The number of carbonyl (C=O) groups excluding carboxylic acids is 3. The minimum Gasteiger partial charge on any atom is -0.465 e. The summed E-state index contributed by atoms with van der Waals surface area (Å²) in [5, 5.41) is 13.1. The van der Waals surface area contributed by atoms with E-state index in [4.69, 9.17) is 13.9 Å². The van der Waals surface area contributed by atoms with Gasteiger partial charge >= 0.3 is 11.9 Å². The van der Waals surface area contributed by atoms with Crippen LogP contribution < -0.4 is 10.9 Å². The van der Waals surface area contributed by atoms with E-state index >= 15 is 0 Å². The molecule has 38 heavy (non-hydrogen) atoms. The number of ether oxygens (including phenoxy) is 2. The van der Waals surface area contributed by atoms with Crippen LogP contribution in [0.5, 0.6) is 0 Å². The summed E-state index contributed by atoms with van der Waals surface area (Å²) in [7, 11) is 1.28. The number of nitrogens with one attached hydrogen (secondary N) is 1. The van der Waals surface area contributed by atoms with Gasteiger partial charge in [-0.1, -0.05) is 6.07 Å². The number of aliphatic hydroxyl groups excluding tert-OH is 1. The van der Waals surface area contributed by atoms with E-state index in [0.29, 0.717) is 44.7 Å². The Morgan fingerprint density at radius 1 is 1.05 bits per heavy atom. The van der Waals surface area contributed by atoms with Gasteiger partial charge in [-0.05, 0) is 62.4 Å². The van der Waals surface area contributed by atoms with Crippen LogP contribution in [-0.2, 0) is 16.1 Å². The minimum atomic E-state index is -0.542. The lowest BCUT2D eigenvalue weighted by Crippen LogP contribution is -2.22. The molecule has 2 heterocycles. The Morgan fingerprint density at radius 2 is 1.82 bits per heavy atom. The Labute approximate surface area is 217 Å². The van der Waals surface area contributed by atoms with Gasteiger partial charge in [-0.25, -0.2) is 14.6 Å². The van der Waals surface area contributed by atoms with Crippen molar-refractivity contribution in [3.8, 4) is 0 Å². The molecule has 2 aromatic carbocycles. The summed E-state index contributed by atoms with van der Waals surface area (Å²) in [6.45, 7) is 3.36. The average molecular weight is 516 g/mol. The number of rotatable bonds is 7. The monoisotopic (exact) mass is 515 g/mol. The standard InChI is InChI=1S/C28H25N3O7/c1-4-37-28(35)18-6-5-7-21(12-18)31-26-23(13-22-19(15-32)14-29-16(2)24(22)38-26)25(33)30-20-10-8-17(9-11-20)27(34)36-3/h5-14,32H,4,15H2,1-3H3,(H,30,33). The summed E-state index contributed by atoms with van der Waals surface area (Å²) >= 11 is 0. The predicted molar refractivity (Wildman–Crippen MR) is 138 cm³/mol. The molecular formula is C28H25N3O7. The number of aliphatic hydroxyl groups is 1. The molecule has 10 heteroatoms. The summed E-state index contributed by atoms with van der Waals surface area (Å²) in [4.78, 5) is 46.1. The van der Waals surface area contributed by atoms with Gasteiger partial charge in [0, 0.05) is 22.8 Å². The maximum Gasteiger partial charge on any atom is 0.338 e. The predicted octanol–water partition coefficient (Wildman–Crippen LogP) is 4.08. The summed E-state index contributed by atoms with van der Waals surface area (Å²) < 4.78 is 15.8. The van der Waals surface area contributed by atoms with Gasteiger partial charge in [0.1, 0.15) is 5.56 Å². The number of hydrogen-bond donors (Lipinski definition) is 2. The van der Waals surface area contributed by atoms with Crippen molar-refractivity contribution in [1.29, 1.82) is 0 Å². The smallest absolute Gasteiger partial charge is 0.338 e. The van der Waals surface area contributed by atoms with Crippen molar-refractivity contribution in [3.05, 3.63) is 94.3 Å². The highest BCUT2D eigenvalue weighted by Gasteiger charge is 2.17. The Kier molecular flexibility index (Phi) is 7.93. The first kappa shape index (κ1) is 26.2. The van der Waals surface area contributed by atoms with Crippen molar-refractivity contribution >= 4 is 40.2 Å². The molecule has 0 aliphatic heterocycles. The van der Waals surface area contributed by atoms with E-state index in [1.54, 1.807) is 50.2 Å². The number of aromatic nitrogens is 1. The van der Waals surface area contributed by atoms with Gasteiger partial charge in [-0.15, -0.1) is 0 Å². The quantitative estimate of drug-likeness (QED) is 0.351. The molecule has 0 radical (unpaired) electrons. The average Bonchev–Trinajstić information content (AvgIpc) is 2.93. The van der Waals surface area contributed by atoms with Gasteiger partial charge in [0.25, 0.3) is 5.91 Å². The molecule has 0 fully saturated rings. The van der Waals surface area contributed by atoms with Gasteiger partial charge in [0.15, 0.2) is 5.58 Å². The van der Waals surface area contributed by atoms with Gasteiger partial charge in [0.2, 0.25) is 5.55 Å². The number of methoxy groups -OCH3 is 1. The molecule has 4 aromatic rings. The summed E-state index contributed by atoms with van der Waals surface area (Å²) in [6.07, 6.45) is 1.51. The molecule has 0 unspecified atom stereocenters. The maximum absolute atomic E-state index is 13.4. The van der Waals surface area contributed by atoms with Crippen LogP contribution in [0.2, 0.25) is 0 Å². The fourth-order valence-corrected chi connectivity index (χ4v) is 3.70. The topological polar surface area (TPSA) is 140 Å². The van der Waals surface area contributed by atoms with Gasteiger partial charge in [-0.3, -0.25) is 9.78 Å². The van der Waals surface area contributed by atoms with Crippen LogP contribution in [0, 0.1) is 6.92 Å². The molecule has 10 nitrogen and oxygen atoms in total. The summed E-state index contributed by atoms with van der Waals surface area (Å²) in [5.41, 5.74) is 2.84. The molecule has 194 valence electrons. The van der Waals surface area contributed by atoms with Gasteiger partial charge < -0.3 is 24.3 Å². The van der Waals surface area contributed by atoms with Crippen molar-refractivity contribution in [1.82, 2.24) is 4.98 Å². The highest BCUT2D eigenvalue weighted by atomic mass is 16.5. The number of benzene rings is 2. The molecule has 1 amide bonds. The van der Waals surface area contributed by atoms with Gasteiger partial charge in [0.05, 0.1) is 42.8 Å². The van der Waals surface area contributed by atoms with Crippen LogP contribution in [0.1, 0.15) is 49.3 Å². The SMILES string of the molecule is CCOC(=O)c1cccc(N=c2oc3c(C)ncc(CO)c3cc2C(=O)Nc2ccc(C(=O)OC)cc2)c1. The van der Waals surface area contributed by atoms with E-state index in [0.717, 1.165) is 0 Å². The number of fused-ring (bicyclic) bond motifs is 1. The molecule has 0 spiro atoms. The normalized spacial score (nSPS) is 11.3. The van der Waals surface area contributed by atoms with E-state index in [9.17, 15) is 19.5 Å². The molecule has 0 saturated heterocycles. The molecule has 0 bridgehead atoms. The second-order valence-electron chi connectivity index (χ2n) is 8.14. The van der Waals surface area contributed by atoms with Crippen molar-refractivity contribution < 1.29 is 33.4 Å². The molecule has 0 aliphatic rings. The molecular weight excluding hydrogens is 490 g/mol. The van der Waals surface area contributed by atoms with Crippen LogP contribution in [0.4, 0.5) is 11.4 Å². The van der Waals surface area contributed by atoms with E-state index in [2.05, 4.69) is 15.3 Å². The third-order valence-electron chi connectivity index (χ3n) is 5.62. The Hall–Kier alpha value is -4.83. The second kappa shape index (κ2) is 11.5. The fraction of sp³-hybridized carbons (Fsp3) is 0.179. The first-order valence-corrected chi connectivity index (χ1v) is 11.7. The van der Waals surface area contributed by atoms with Gasteiger partial charge in [-0.2, -0.15) is 0 Å². The number of carbonyl (C=O) groups is 3. The third kappa shape index (κ3) is 5.60. The molecule has 0 saturated carbocycles. The highest BCUT2D eigenvalue weighted by molar-refractivity contribution is 6.06. The first-order valence-electron chi connectivity index (χ1n) is 11.7. The Balaban J connectivity index is 1.83. The lowest BCUT2D eigenvalue weighted by atomic mass is 10.1. The van der Waals surface area contributed by atoms with E-state index < -0.39 is 17.8 Å². The zero-order valence-corrected chi connectivity index (χ0v) is 21.0. The van der Waals surface area contributed by atoms with Crippen LogP contribution in [0.15, 0.2) is 70.2 Å². The van der Waals surface area contributed by atoms with Crippen molar-refractivity contribution in [2.75, 3.05) is 19.0 Å². The van der Waals surface area contributed by atoms with E-state index in [-0.39, 0.29) is 24.3 Å². The molecule has 2 N–H and O–H groups in total. The lowest BCUT2D eigenvalue weighted by molar-refractivity contribution is 0.0525. The largest absolute Gasteiger partial charge is 0.465 e. The molecule has 2 aromatic heterocycles. The lowest BCUT2D eigenvalue weighted by Gasteiger charge is -2.10. The maximum atomic E-state index is 13.4. The minimum absolute atomic E-state index is 0.0258. The third-order valence-corrected chi connectivity index (χ3v) is 5.62. The number of hydrogen-bond acceptors (Lipinski definition) is 9. The van der Waals surface area contributed by atoms with Crippen LogP contribution >= 0.6 is 0 Å². The fourth-order valence-electron chi connectivity index (χ4n) is 3.70. The first-order chi connectivity index (χ1) is 18.3. The molecule has 0 aliphatic carbocycles. The number of aryl methyl sites for hydroxylation is 1.